The fourth-order valence-corrected chi connectivity index (χ4v) is 1.22. The van der Waals surface area contributed by atoms with Crippen LogP contribution in [-0.4, -0.2) is 41.9 Å². The second kappa shape index (κ2) is 13.9. The van der Waals surface area contributed by atoms with E-state index in [9.17, 15) is 14.4 Å². The lowest BCUT2D eigenvalue weighted by atomic mass is 10.4. The largest absolute Gasteiger partial charge is 0.352 e. The highest BCUT2D eigenvalue weighted by Gasteiger charge is 2.15. The number of primary amides is 2. The maximum Gasteiger partial charge on any atom is 0.309 e. The van der Waals surface area contributed by atoms with E-state index in [1.54, 1.807) is 11.1 Å². The average molecular weight is 325 g/mol. The van der Waals surface area contributed by atoms with E-state index >= 15 is 0 Å². The molecule has 0 atom stereocenters. The third kappa shape index (κ3) is 15.1. The molecule has 0 bridgehead atoms. The molecule has 0 aromatic heterocycles. The van der Waals surface area contributed by atoms with Crippen molar-refractivity contribution in [3.05, 3.63) is 38.1 Å². The molecule has 128 valence electrons. The van der Waals surface area contributed by atoms with Crippen molar-refractivity contribution in [2.24, 2.45) is 11.5 Å². The van der Waals surface area contributed by atoms with Gasteiger partial charge in [0.15, 0.2) is 0 Å². The maximum absolute atomic E-state index is 10.7. The number of amides is 5. The van der Waals surface area contributed by atoms with Gasteiger partial charge in [0.25, 0.3) is 0 Å². The fraction of sp³-hybridized carbons (Fsp3) is 0.286. The van der Waals surface area contributed by atoms with Crippen LogP contribution in [0.3, 0.4) is 0 Å². The fourth-order valence-electron chi connectivity index (χ4n) is 1.22. The van der Waals surface area contributed by atoms with Gasteiger partial charge in [0.1, 0.15) is 0 Å². The number of hydrogen-bond acceptors (Lipinski definition) is 4. The van der Waals surface area contributed by atoms with E-state index in [1.165, 1.54) is 0 Å². The van der Waals surface area contributed by atoms with Gasteiger partial charge < -0.3 is 27.0 Å². The van der Waals surface area contributed by atoms with Gasteiger partial charge >= 0.3 is 6.03 Å². The molecular formula is C14H23N5O4. The van der Waals surface area contributed by atoms with Crippen LogP contribution in [0.15, 0.2) is 38.1 Å². The zero-order chi connectivity index (χ0) is 18.3. The van der Waals surface area contributed by atoms with Crippen molar-refractivity contribution in [2.75, 3.05) is 13.2 Å². The first-order valence-corrected chi connectivity index (χ1v) is 6.55. The first-order valence-electron chi connectivity index (χ1n) is 6.55. The van der Waals surface area contributed by atoms with Gasteiger partial charge in [-0.05, 0) is 24.8 Å². The van der Waals surface area contributed by atoms with E-state index in [0.717, 1.165) is 25.1 Å². The van der Waals surface area contributed by atoms with Crippen LogP contribution in [0.1, 0.15) is 12.8 Å². The molecule has 1 aliphatic rings. The molecule has 0 saturated carbocycles. The number of nitrogens with zero attached hydrogens (tertiary/aromatic N) is 1. The minimum atomic E-state index is -0.833. The van der Waals surface area contributed by atoms with Crippen LogP contribution in [0.25, 0.3) is 0 Å². The minimum Gasteiger partial charge on any atom is -0.352 e. The maximum atomic E-state index is 10.7. The van der Waals surface area contributed by atoms with Crippen LogP contribution < -0.4 is 22.1 Å². The molecule has 1 aliphatic heterocycles. The molecule has 5 amide bonds. The number of likely N-dealkylation sites (tertiary alicyclic amines) is 1. The molecule has 6 N–H and O–H groups in total. The Morgan fingerprint density at radius 2 is 1.52 bits per heavy atom. The predicted octanol–water partition coefficient (Wildman–Crippen LogP) is -0.676. The Kier molecular flexibility index (Phi) is 13.4. The standard InChI is InChI=1S/C7H10N2O2.C6H9NO.CH4N2O/c1-3-6(10)8-5-9-7(11)4-2;1-2-7-5-3-4-6(7)8;2-1(3)4/h3-4H,1-2,5H2,(H,8,10)(H,9,11);2H,1,3-5H2;(H4,2,3,4). The topological polar surface area (TPSA) is 148 Å². The van der Waals surface area contributed by atoms with Crippen LogP contribution in [0, 0.1) is 0 Å². The summed E-state index contributed by atoms with van der Waals surface area (Å²) in [5.41, 5.74) is 8.50. The van der Waals surface area contributed by atoms with Crippen molar-refractivity contribution < 1.29 is 19.2 Å². The Bertz CT molecular complexity index is 438. The van der Waals surface area contributed by atoms with E-state index in [1.807, 2.05) is 0 Å². The van der Waals surface area contributed by atoms with Crippen LogP contribution in [0.5, 0.6) is 0 Å². The van der Waals surface area contributed by atoms with Gasteiger partial charge in [-0.25, -0.2) is 4.79 Å². The Balaban J connectivity index is 0. The Morgan fingerprint density at radius 3 is 1.74 bits per heavy atom. The summed E-state index contributed by atoms with van der Waals surface area (Å²) in [5.74, 6) is -0.441. The van der Waals surface area contributed by atoms with E-state index in [0.29, 0.717) is 6.42 Å². The summed E-state index contributed by atoms with van der Waals surface area (Å²) >= 11 is 0. The summed E-state index contributed by atoms with van der Waals surface area (Å²) in [6.45, 7) is 10.9. The Labute approximate surface area is 135 Å². The first-order chi connectivity index (χ1) is 10.8. The third-order valence-electron chi connectivity index (χ3n) is 2.23. The molecule has 0 aromatic rings. The lowest BCUT2D eigenvalue weighted by Crippen LogP contribution is -2.35. The second-order valence-corrected chi connectivity index (χ2v) is 3.94. The Hall–Kier alpha value is -3.10. The summed E-state index contributed by atoms with van der Waals surface area (Å²) < 4.78 is 0. The smallest absolute Gasteiger partial charge is 0.309 e. The van der Waals surface area contributed by atoms with Gasteiger partial charge in [-0.2, -0.15) is 0 Å². The van der Waals surface area contributed by atoms with Gasteiger partial charge in [0.2, 0.25) is 17.7 Å². The molecular weight excluding hydrogens is 302 g/mol. The molecule has 1 saturated heterocycles. The van der Waals surface area contributed by atoms with Crippen molar-refractivity contribution >= 4 is 23.8 Å². The molecule has 0 spiro atoms. The van der Waals surface area contributed by atoms with Gasteiger partial charge in [-0.3, -0.25) is 14.4 Å². The number of nitrogens with one attached hydrogen (secondary N) is 2. The highest BCUT2D eigenvalue weighted by molar-refractivity contribution is 5.89. The molecule has 23 heavy (non-hydrogen) atoms. The van der Waals surface area contributed by atoms with Crippen LogP contribution in [-0.2, 0) is 14.4 Å². The third-order valence-corrected chi connectivity index (χ3v) is 2.23. The quantitative estimate of drug-likeness (QED) is 0.391. The summed E-state index contributed by atoms with van der Waals surface area (Å²) in [6, 6.07) is -0.833. The highest BCUT2D eigenvalue weighted by Crippen LogP contribution is 2.08. The van der Waals surface area contributed by atoms with Gasteiger partial charge in [-0.15, -0.1) is 0 Å². The number of urea groups is 1. The average Bonchev–Trinajstić information content (AvgIpc) is 2.92. The van der Waals surface area contributed by atoms with E-state index in [2.05, 4.69) is 41.8 Å². The van der Waals surface area contributed by atoms with E-state index in [4.69, 9.17) is 4.79 Å². The second-order valence-electron chi connectivity index (χ2n) is 3.94. The molecule has 0 aliphatic carbocycles. The summed E-state index contributed by atoms with van der Waals surface area (Å²) in [6.07, 6.45) is 5.53. The Morgan fingerprint density at radius 1 is 1.09 bits per heavy atom. The predicted molar refractivity (Wildman–Crippen MR) is 86.5 cm³/mol. The zero-order valence-electron chi connectivity index (χ0n) is 12.9. The molecule has 1 fully saturated rings. The molecule has 1 heterocycles. The van der Waals surface area contributed by atoms with Crippen molar-refractivity contribution in [2.45, 2.75) is 12.8 Å². The molecule has 9 nitrogen and oxygen atoms in total. The zero-order valence-corrected chi connectivity index (χ0v) is 12.9. The van der Waals surface area contributed by atoms with Crippen molar-refractivity contribution in [1.29, 1.82) is 0 Å². The number of nitrogens with two attached hydrogens (primary N) is 2. The molecule has 1 rings (SSSR count). The summed E-state index contributed by atoms with van der Waals surface area (Å²) in [4.78, 5) is 42.3. The number of carbonyl (C=O) groups is 4. The van der Waals surface area contributed by atoms with Crippen LogP contribution in [0.4, 0.5) is 4.79 Å². The van der Waals surface area contributed by atoms with Gasteiger partial charge in [0, 0.05) is 13.0 Å². The highest BCUT2D eigenvalue weighted by atomic mass is 16.2. The van der Waals surface area contributed by atoms with E-state index in [-0.39, 0.29) is 24.4 Å². The van der Waals surface area contributed by atoms with Gasteiger partial charge in [0.05, 0.1) is 6.67 Å². The lowest BCUT2D eigenvalue weighted by molar-refractivity contribution is -0.125. The number of carbonyl (C=O) groups excluding carboxylic acids is 4. The summed E-state index contributed by atoms with van der Waals surface area (Å²) in [5, 5.41) is 4.72. The van der Waals surface area contributed by atoms with Crippen LogP contribution >= 0.6 is 0 Å². The molecule has 0 radical (unpaired) electrons. The van der Waals surface area contributed by atoms with Crippen molar-refractivity contribution in [3.8, 4) is 0 Å². The number of rotatable bonds is 5. The van der Waals surface area contributed by atoms with Crippen LogP contribution in [0.2, 0.25) is 0 Å². The molecule has 9 heteroatoms. The van der Waals surface area contributed by atoms with Crippen molar-refractivity contribution in [3.63, 3.8) is 0 Å². The summed E-state index contributed by atoms with van der Waals surface area (Å²) in [7, 11) is 0. The normalized spacial score (nSPS) is 11.7. The lowest BCUT2D eigenvalue weighted by Gasteiger charge is -2.05. The van der Waals surface area contributed by atoms with Gasteiger partial charge in [-0.1, -0.05) is 19.7 Å². The van der Waals surface area contributed by atoms with Crippen molar-refractivity contribution in [1.82, 2.24) is 15.5 Å². The minimum absolute atomic E-state index is 0.0930. The molecule has 0 aromatic carbocycles. The first kappa shape index (κ1) is 22.2. The monoisotopic (exact) mass is 325 g/mol. The molecule has 0 unspecified atom stereocenters. The SMILES string of the molecule is C=CC(=O)NCNC(=O)C=C.C=CN1CCCC1=O.NC(N)=O. The number of hydrogen-bond donors (Lipinski definition) is 4. The van der Waals surface area contributed by atoms with E-state index < -0.39 is 6.03 Å².